The summed E-state index contributed by atoms with van der Waals surface area (Å²) < 4.78 is 7.42. The minimum Gasteiger partial charge on any atom is -0.361 e. The molecule has 1 unspecified atom stereocenters. The van der Waals surface area contributed by atoms with Crippen molar-refractivity contribution < 1.29 is 9.32 Å². The SMILES string of the molecule is Cc1oncc1C(=O)NC1[C@@H]2CC[C@H]1CN(Cc1nc3ccccc3n1C(C)C)C2. The van der Waals surface area contributed by atoms with Gasteiger partial charge in [-0.3, -0.25) is 9.69 Å². The van der Waals surface area contributed by atoms with E-state index in [1.165, 1.54) is 11.7 Å². The van der Waals surface area contributed by atoms with Crippen LogP contribution < -0.4 is 5.32 Å². The molecule has 1 aromatic carbocycles. The smallest absolute Gasteiger partial charge is 0.256 e. The van der Waals surface area contributed by atoms with Gasteiger partial charge in [-0.2, -0.15) is 0 Å². The molecule has 1 aliphatic carbocycles. The topological polar surface area (TPSA) is 76.2 Å². The van der Waals surface area contributed by atoms with Gasteiger partial charge in [-0.25, -0.2) is 4.98 Å². The monoisotopic (exact) mass is 407 g/mol. The molecule has 1 amide bonds. The second-order valence-electron chi connectivity index (χ2n) is 9.07. The molecule has 1 aliphatic heterocycles. The minimum atomic E-state index is -0.0642. The number of aryl methyl sites for hydroxylation is 1. The fraction of sp³-hybridized carbons (Fsp3) is 0.522. The summed E-state index contributed by atoms with van der Waals surface area (Å²) in [6, 6.07) is 8.98. The maximum atomic E-state index is 12.7. The molecule has 30 heavy (non-hydrogen) atoms. The Morgan fingerprint density at radius 2 is 1.97 bits per heavy atom. The Hall–Kier alpha value is -2.67. The van der Waals surface area contributed by atoms with Crippen LogP contribution in [0.2, 0.25) is 0 Å². The van der Waals surface area contributed by atoms with Crippen molar-refractivity contribution in [3.05, 3.63) is 47.6 Å². The number of likely N-dealkylation sites (tertiary alicyclic amines) is 1. The van der Waals surface area contributed by atoms with Crippen LogP contribution in [-0.2, 0) is 6.54 Å². The van der Waals surface area contributed by atoms with E-state index in [4.69, 9.17) is 9.51 Å². The summed E-state index contributed by atoms with van der Waals surface area (Å²) in [5.41, 5.74) is 2.81. The number of fused-ring (bicyclic) bond motifs is 3. The van der Waals surface area contributed by atoms with Gasteiger partial charge in [-0.05, 0) is 57.6 Å². The lowest BCUT2D eigenvalue weighted by molar-refractivity contribution is 0.0817. The van der Waals surface area contributed by atoms with Crippen LogP contribution in [-0.4, -0.2) is 44.6 Å². The van der Waals surface area contributed by atoms with E-state index in [-0.39, 0.29) is 11.9 Å². The molecule has 2 fully saturated rings. The highest BCUT2D eigenvalue weighted by Gasteiger charge is 2.43. The summed E-state index contributed by atoms with van der Waals surface area (Å²) in [4.78, 5) is 20.1. The number of imidazole rings is 1. The van der Waals surface area contributed by atoms with Crippen LogP contribution in [0.3, 0.4) is 0 Å². The van der Waals surface area contributed by atoms with Crippen LogP contribution in [0.15, 0.2) is 35.0 Å². The van der Waals surface area contributed by atoms with E-state index in [0.29, 0.717) is 29.2 Å². The first-order valence-electron chi connectivity index (χ1n) is 10.9. The summed E-state index contributed by atoms with van der Waals surface area (Å²) >= 11 is 0. The molecule has 0 radical (unpaired) electrons. The zero-order valence-electron chi connectivity index (χ0n) is 17.8. The van der Waals surface area contributed by atoms with Crippen molar-refractivity contribution in [2.45, 2.75) is 52.2 Å². The highest BCUT2D eigenvalue weighted by Crippen LogP contribution is 2.38. The third kappa shape index (κ3) is 3.31. The maximum Gasteiger partial charge on any atom is 0.256 e. The highest BCUT2D eigenvalue weighted by molar-refractivity contribution is 5.95. The second kappa shape index (κ2) is 7.54. The molecule has 1 saturated carbocycles. The first kappa shape index (κ1) is 19.3. The van der Waals surface area contributed by atoms with Crippen LogP contribution in [0.25, 0.3) is 11.0 Å². The van der Waals surface area contributed by atoms with Crippen molar-refractivity contribution in [3.63, 3.8) is 0 Å². The molecule has 0 spiro atoms. The lowest BCUT2D eigenvalue weighted by Gasteiger charge is -2.38. The van der Waals surface area contributed by atoms with Gasteiger partial charge in [-0.15, -0.1) is 0 Å². The average Bonchev–Trinajstić information content (AvgIpc) is 3.35. The molecule has 3 heterocycles. The van der Waals surface area contributed by atoms with Gasteiger partial charge in [-0.1, -0.05) is 17.3 Å². The van der Waals surface area contributed by atoms with E-state index in [0.717, 1.165) is 43.8 Å². The minimum absolute atomic E-state index is 0.0642. The third-order valence-corrected chi connectivity index (χ3v) is 6.75. The van der Waals surface area contributed by atoms with E-state index in [1.807, 2.05) is 0 Å². The van der Waals surface area contributed by atoms with Crippen molar-refractivity contribution in [3.8, 4) is 0 Å². The molecular weight excluding hydrogens is 378 g/mol. The van der Waals surface area contributed by atoms with Crippen molar-refractivity contribution in [2.75, 3.05) is 13.1 Å². The van der Waals surface area contributed by atoms with Crippen molar-refractivity contribution >= 4 is 16.9 Å². The van der Waals surface area contributed by atoms with Crippen LogP contribution >= 0.6 is 0 Å². The van der Waals surface area contributed by atoms with E-state index >= 15 is 0 Å². The van der Waals surface area contributed by atoms with Crippen LogP contribution in [0.4, 0.5) is 0 Å². The van der Waals surface area contributed by atoms with Crippen molar-refractivity contribution in [2.24, 2.45) is 11.8 Å². The molecule has 7 heteroatoms. The van der Waals surface area contributed by atoms with Gasteiger partial charge < -0.3 is 14.4 Å². The first-order chi connectivity index (χ1) is 14.5. The van der Waals surface area contributed by atoms with E-state index in [9.17, 15) is 4.79 Å². The van der Waals surface area contributed by atoms with Gasteiger partial charge in [0.05, 0.1) is 23.8 Å². The summed E-state index contributed by atoms with van der Waals surface area (Å²) in [6.45, 7) is 9.05. The van der Waals surface area contributed by atoms with E-state index < -0.39 is 0 Å². The van der Waals surface area contributed by atoms with Gasteiger partial charge in [0.2, 0.25) is 0 Å². The number of hydrogen-bond acceptors (Lipinski definition) is 5. The molecule has 1 N–H and O–H groups in total. The maximum absolute atomic E-state index is 12.7. The van der Waals surface area contributed by atoms with Crippen LogP contribution in [0.5, 0.6) is 0 Å². The molecular formula is C23H29N5O2. The fourth-order valence-corrected chi connectivity index (χ4v) is 5.41. The van der Waals surface area contributed by atoms with Gasteiger partial charge in [0.1, 0.15) is 17.1 Å². The predicted octanol–water partition coefficient (Wildman–Crippen LogP) is 3.55. The number of carbonyl (C=O) groups excluding carboxylic acids is 1. The standard InChI is InChI=1S/C23H29N5O2/c1-14(2)28-20-7-5-4-6-19(20)25-21(28)13-27-11-16-8-9-17(12-27)22(16)26-23(29)18-10-24-30-15(18)3/h4-7,10,14,16-17,22H,8-9,11-13H2,1-3H3,(H,26,29)/t16-,17+,22?. The number of hydrogen-bond donors (Lipinski definition) is 1. The first-order valence-corrected chi connectivity index (χ1v) is 10.9. The second-order valence-corrected chi connectivity index (χ2v) is 9.07. The Balaban J connectivity index is 1.31. The number of nitrogens with one attached hydrogen (secondary N) is 1. The summed E-state index contributed by atoms with van der Waals surface area (Å²) in [7, 11) is 0. The quantitative estimate of drug-likeness (QED) is 0.700. The van der Waals surface area contributed by atoms with Gasteiger partial charge in [0.25, 0.3) is 5.91 Å². The highest BCUT2D eigenvalue weighted by atomic mass is 16.5. The Morgan fingerprint density at radius 1 is 1.23 bits per heavy atom. The van der Waals surface area contributed by atoms with Crippen LogP contribution in [0, 0.1) is 18.8 Å². The van der Waals surface area contributed by atoms with Crippen LogP contribution in [0.1, 0.15) is 54.7 Å². The van der Waals surface area contributed by atoms with E-state index in [2.05, 4.69) is 58.1 Å². The summed E-state index contributed by atoms with van der Waals surface area (Å²) in [5, 5.41) is 7.01. The molecule has 3 aromatic rings. The van der Waals surface area contributed by atoms with E-state index in [1.54, 1.807) is 6.92 Å². The summed E-state index contributed by atoms with van der Waals surface area (Å²) in [5.74, 6) is 2.60. The van der Waals surface area contributed by atoms with Gasteiger partial charge in [0.15, 0.2) is 0 Å². The molecule has 3 atom stereocenters. The lowest BCUT2D eigenvalue weighted by Crippen LogP contribution is -2.52. The molecule has 2 bridgehead atoms. The zero-order chi connectivity index (χ0) is 20.8. The number of aromatic nitrogens is 3. The third-order valence-electron chi connectivity index (χ3n) is 6.75. The number of nitrogens with zero attached hydrogens (tertiary/aromatic N) is 4. The Labute approximate surface area is 176 Å². The molecule has 158 valence electrons. The normalized spacial score (nSPS) is 24.1. The summed E-state index contributed by atoms with van der Waals surface area (Å²) in [6.07, 6.45) is 3.84. The number of para-hydroxylation sites is 2. The number of rotatable bonds is 5. The molecule has 2 aromatic heterocycles. The Bertz CT molecular complexity index is 1050. The Morgan fingerprint density at radius 3 is 2.63 bits per heavy atom. The number of benzene rings is 1. The number of carbonyl (C=O) groups is 1. The Kier molecular flexibility index (Phi) is 4.85. The largest absolute Gasteiger partial charge is 0.361 e. The van der Waals surface area contributed by atoms with Gasteiger partial charge >= 0.3 is 0 Å². The van der Waals surface area contributed by atoms with Gasteiger partial charge in [0, 0.05) is 25.2 Å². The molecule has 5 rings (SSSR count). The number of amides is 1. The lowest BCUT2D eigenvalue weighted by atomic mass is 9.91. The molecule has 1 saturated heterocycles. The van der Waals surface area contributed by atoms with Crippen molar-refractivity contribution in [1.29, 1.82) is 0 Å². The predicted molar refractivity (Wildman–Crippen MR) is 114 cm³/mol. The number of piperidine rings is 1. The molecule has 2 aliphatic rings. The fourth-order valence-electron chi connectivity index (χ4n) is 5.41. The average molecular weight is 408 g/mol. The molecule has 7 nitrogen and oxygen atoms in total. The van der Waals surface area contributed by atoms with Crippen molar-refractivity contribution in [1.82, 2.24) is 24.9 Å². The zero-order valence-corrected chi connectivity index (χ0v) is 17.8.